The van der Waals surface area contributed by atoms with Gasteiger partial charge in [0.1, 0.15) is 5.82 Å². The number of nitrogens with zero attached hydrogens (tertiary/aromatic N) is 6. The molecule has 5 rings (SSSR count). The minimum Gasteiger partial charge on any atom is -0.390 e. The molecule has 4 heterocycles. The monoisotopic (exact) mass is 506 g/mol. The first-order valence-electron chi connectivity index (χ1n) is 12.6. The van der Waals surface area contributed by atoms with Crippen LogP contribution in [-0.2, 0) is 7.05 Å². The Balaban J connectivity index is 1.30. The molecule has 0 aromatic carbocycles. The summed E-state index contributed by atoms with van der Waals surface area (Å²) in [6.45, 7) is 1.55. The van der Waals surface area contributed by atoms with Crippen molar-refractivity contribution in [3.05, 3.63) is 54.1 Å². The number of amides is 1. The number of carbonyl (C=O) groups excluding carboxylic acids is 1. The highest BCUT2D eigenvalue weighted by Gasteiger charge is 2.37. The van der Waals surface area contributed by atoms with Crippen LogP contribution >= 0.6 is 0 Å². The van der Waals surface area contributed by atoms with E-state index in [1.807, 2.05) is 43.3 Å². The zero-order valence-electron chi connectivity index (χ0n) is 21.4. The zero-order valence-corrected chi connectivity index (χ0v) is 21.4. The van der Waals surface area contributed by atoms with E-state index in [2.05, 4.69) is 25.7 Å². The first-order valence-corrected chi connectivity index (χ1v) is 12.6. The summed E-state index contributed by atoms with van der Waals surface area (Å²) in [7, 11) is 5.47. The van der Waals surface area contributed by atoms with Crippen molar-refractivity contribution in [1.29, 1.82) is 0 Å². The van der Waals surface area contributed by atoms with Crippen LogP contribution in [0, 0.1) is 5.92 Å². The third kappa shape index (κ3) is 5.74. The SMILES string of the molecule is CN(C)[C@H]1CN(C(=O)c2nn(C)cc2NC(O)c2cccc(-c3ccnc(NCC4CC4)c3)n2)C[C@@H]1O. The van der Waals surface area contributed by atoms with E-state index in [-0.39, 0.29) is 24.2 Å². The quantitative estimate of drug-likeness (QED) is 0.319. The molecular weight excluding hydrogens is 472 g/mol. The highest BCUT2D eigenvalue weighted by Crippen LogP contribution is 2.29. The van der Waals surface area contributed by atoms with Crippen LogP contribution < -0.4 is 10.6 Å². The first kappa shape index (κ1) is 25.1. The predicted molar refractivity (Wildman–Crippen MR) is 140 cm³/mol. The third-order valence-electron chi connectivity index (χ3n) is 6.91. The highest BCUT2D eigenvalue weighted by molar-refractivity contribution is 5.97. The van der Waals surface area contributed by atoms with Crippen molar-refractivity contribution >= 4 is 17.4 Å². The van der Waals surface area contributed by atoms with Gasteiger partial charge in [0, 0.05) is 44.6 Å². The normalized spacial score (nSPS) is 20.3. The number of rotatable bonds is 9. The fourth-order valence-corrected chi connectivity index (χ4v) is 4.59. The van der Waals surface area contributed by atoms with Crippen LogP contribution in [0.2, 0.25) is 0 Å². The molecular formula is C26H34N8O3. The molecule has 0 bridgehead atoms. The van der Waals surface area contributed by atoms with E-state index in [0.29, 0.717) is 23.6 Å². The number of anilines is 2. The van der Waals surface area contributed by atoms with Gasteiger partial charge in [0.2, 0.25) is 0 Å². The fourth-order valence-electron chi connectivity index (χ4n) is 4.59. The number of aromatic nitrogens is 4. The third-order valence-corrected chi connectivity index (χ3v) is 6.91. The van der Waals surface area contributed by atoms with Gasteiger partial charge in [-0.2, -0.15) is 5.10 Å². The van der Waals surface area contributed by atoms with Crippen LogP contribution in [0.15, 0.2) is 42.7 Å². The Labute approximate surface area is 216 Å². The molecule has 1 aliphatic heterocycles. The second-order valence-corrected chi connectivity index (χ2v) is 10.1. The van der Waals surface area contributed by atoms with Gasteiger partial charge in [-0.05, 0) is 57.1 Å². The lowest BCUT2D eigenvalue weighted by Gasteiger charge is -2.21. The topological polar surface area (TPSA) is 132 Å². The second-order valence-electron chi connectivity index (χ2n) is 10.1. The summed E-state index contributed by atoms with van der Waals surface area (Å²) in [6.07, 6.45) is 4.14. The van der Waals surface area contributed by atoms with Gasteiger partial charge >= 0.3 is 0 Å². The van der Waals surface area contributed by atoms with Gasteiger partial charge in [-0.1, -0.05) is 6.07 Å². The first-order chi connectivity index (χ1) is 17.8. The number of aliphatic hydroxyl groups excluding tert-OH is 2. The lowest BCUT2D eigenvalue weighted by Crippen LogP contribution is -2.38. The van der Waals surface area contributed by atoms with Gasteiger partial charge < -0.3 is 30.6 Å². The zero-order chi connectivity index (χ0) is 26.1. The Bertz CT molecular complexity index is 1260. The Morgan fingerprint density at radius 1 is 1.24 bits per heavy atom. The number of likely N-dealkylation sites (N-methyl/N-ethyl adjacent to an activating group) is 1. The largest absolute Gasteiger partial charge is 0.390 e. The van der Waals surface area contributed by atoms with Crippen molar-refractivity contribution in [1.82, 2.24) is 29.5 Å². The van der Waals surface area contributed by atoms with E-state index in [9.17, 15) is 15.0 Å². The van der Waals surface area contributed by atoms with Crippen molar-refractivity contribution in [2.45, 2.75) is 31.2 Å². The maximum Gasteiger partial charge on any atom is 0.276 e. The molecule has 11 nitrogen and oxygen atoms in total. The van der Waals surface area contributed by atoms with Crippen LogP contribution in [0.25, 0.3) is 11.3 Å². The van der Waals surface area contributed by atoms with Crippen LogP contribution in [-0.4, -0.2) is 91.5 Å². The summed E-state index contributed by atoms with van der Waals surface area (Å²) in [6, 6.07) is 9.15. The minimum absolute atomic E-state index is 0.140. The second kappa shape index (κ2) is 10.4. The van der Waals surface area contributed by atoms with Crippen molar-refractivity contribution in [2.75, 3.05) is 44.4 Å². The molecule has 1 saturated carbocycles. The summed E-state index contributed by atoms with van der Waals surface area (Å²) in [5.74, 6) is 1.24. The molecule has 196 valence electrons. The molecule has 1 amide bonds. The molecule has 2 aliphatic rings. The molecule has 1 saturated heterocycles. The smallest absolute Gasteiger partial charge is 0.276 e. The number of β-amino-alcohol motifs (C(OH)–C–C–N with tert-alkyl or cyclic N) is 1. The van der Waals surface area contributed by atoms with Gasteiger partial charge in [-0.3, -0.25) is 9.48 Å². The van der Waals surface area contributed by atoms with E-state index in [4.69, 9.17) is 0 Å². The number of pyridine rings is 2. The van der Waals surface area contributed by atoms with Crippen LogP contribution in [0.5, 0.6) is 0 Å². The molecule has 3 aromatic heterocycles. The number of hydrogen-bond acceptors (Lipinski definition) is 9. The molecule has 1 aliphatic carbocycles. The molecule has 37 heavy (non-hydrogen) atoms. The molecule has 1 unspecified atom stereocenters. The molecule has 0 spiro atoms. The van der Waals surface area contributed by atoms with Gasteiger partial charge in [0.25, 0.3) is 5.91 Å². The Morgan fingerprint density at radius 2 is 2.05 bits per heavy atom. The summed E-state index contributed by atoms with van der Waals surface area (Å²) in [5.41, 5.74) is 2.59. The lowest BCUT2D eigenvalue weighted by atomic mass is 10.1. The van der Waals surface area contributed by atoms with Gasteiger partial charge in [0.05, 0.1) is 29.2 Å². The molecule has 0 radical (unpaired) electrons. The average molecular weight is 507 g/mol. The van der Waals surface area contributed by atoms with Crippen molar-refractivity contribution in [3.63, 3.8) is 0 Å². The number of carbonyl (C=O) groups is 1. The molecule has 2 fully saturated rings. The molecule has 4 N–H and O–H groups in total. The van der Waals surface area contributed by atoms with E-state index in [0.717, 1.165) is 23.8 Å². The van der Waals surface area contributed by atoms with E-state index < -0.39 is 12.3 Å². The highest BCUT2D eigenvalue weighted by atomic mass is 16.3. The Kier molecular flexibility index (Phi) is 7.09. The number of hydrogen-bond donors (Lipinski definition) is 4. The van der Waals surface area contributed by atoms with Crippen molar-refractivity contribution < 1.29 is 15.0 Å². The Morgan fingerprint density at radius 3 is 2.78 bits per heavy atom. The summed E-state index contributed by atoms with van der Waals surface area (Å²) < 4.78 is 1.52. The van der Waals surface area contributed by atoms with Crippen LogP contribution in [0.1, 0.15) is 35.3 Å². The number of likely N-dealkylation sites (tertiary alicyclic amines) is 1. The van der Waals surface area contributed by atoms with E-state index in [1.54, 1.807) is 30.4 Å². The number of nitrogens with one attached hydrogen (secondary N) is 2. The van der Waals surface area contributed by atoms with Gasteiger partial charge in [-0.25, -0.2) is 9.97 Å². The summed E-state index contributed by atoms with van der Waals surface area (Å²) in [4.78, 5) is 25.8. The van der Waals surface area contributed by atoms with E-state index in [1.165, 1.54) is 17.5 Å². The molecule has 3 atom stereocenters. The maximum atomic E-state index is 13.3. The van der Waals surface area contributed by atoms with Crippen molar-refractivity contribution in [3.8, 4) is 11.3 Å². The number of aryl methyl sites for hydroxylation is 1. The van der Waals surface area contributed by atoms with Gasteiger partial charge in [-0.15, -0.1) is 0 Å². The Hall–Kier alpha value is -3.54. The average Bonchev–Trinajstić information content (AvgIpc) is 3.53. The fraction of sp³-hybridized carbons (Fsp3) is 0.462. The maximum absolute atomic E-state index is 13.3. The lowest BCUT2D eigenvalue weighted by molar-refractivity contribution is 0.0758. The van der Waals surface area contributed by atoms with Crippen molar-refractivity contribution in [2.24, 2.45) is 13.0 Å². The summed E-state index contributed by atoms with van der Waals surface area (Å²) in [5, 5.41) is 32.0. The number of aliphatic hydroxyl groups is 2. The standard InChI is InChI=1S/C26H34N8O3/c1-32(2)21-14-34(15-22(21)35)26(37)24-20(13-33(3)31-24)30-25(36)19-6-4-5-18(29-19)17-9-10-27-23(11-17)28-12-16-7-8-16/h4-6,9-11,13,16,21-22,25,30,35-36H,7-8,12,14-15H2,1-3H3,(H,27,28)/t21-,22-,25?/m0/s1. The van der Waals surface area contributed by atoms with Crippen LogP contribution in [0.4, 0.5) is 11.5 Å². The van der Waals surface area contributed by atoms with Gasteiger partial charge in [0.15, 0.2) is 11.9 Å². The predicted octanol–water partition coefficient (Wildman–Crippen LogP) is 1.55. The molecule has 3 aromatic rings. The van der Waals surface area contributed by atoms with E-state index >= 15 is 0 Å². The summed E-state index contributed by atoms with van der Waals surface area (Å²) >= 11 is 0. The van der Waals surface area contributed by atoms with Crippen LogP contribution in [0.3, 0.4) is 0 Å². The minimum atomic E-state index is -1.16. The molecule has 11 heteroatoms.